The summed E-state index contributed by atoms with van der Waals surface area (Å²) in [6.45, 7) is 4.27. The van der Waals surface area contributed by atoms with Crippen LogP contribution in [0.25, 0.3) is 0 Å². The minimum absolute atomic E-state index is 0.108. The Bertz CT molecular complexity index is 890. The summed E-state index contributed by atoms with van der Waals surface area (Å²) in [5, 5.41) is 18.7. The number of hydrogen-bond donors (Lipinski definition) is 1. The van der Waals surface area contributed by atoms with Crippen molar-refractivity contribution in [3.8, 4) is 0 Å². The molecule has 1 aromatic carbocycles. The molecule has 0 radical (unpaired) electrons. The van der Waals surface area contributed by atoms with Crippen molar-refractivity contribution in [2.45, 2.75) is 56.6 Å². The van der Waals surface area contributed by atoms with Crippen molar-refractivity contribution < 1.29 is 18.7 Å². The minimum Gasteiger partial charge on any atom is -0.384 e. The number of halogens is 2. The molecule has 1 saturated heterocycles. The maximum absolute atomic E-state index is 13.6. The lowest BCUT2D eigenvalue weighted by Gasteiger charge is -2.32. The molecule has 2 aromatic rings. The van der Waals surface area contributed by atoms with E-state index in [1.165, 1.54) is 6.20 Å². The third-order valence-corrected chi connectivity index (χ3v) is 5.54. The zero-order chi connectivity index (χ0) is 20.1. The van der Waals surface area contributed by atoms with Crippen LogP contribution in [0.15, 0.2) is 30.5 Å². The molecule has 0 spiro atoms. The number of benzene rings is 1. The van der Waals surface area contributed by atoms with E-state index in [4.69, 9.17) is 0 Å². The van der Waals surface area contributed by atoms with Gasteiger partial charge in [-0.2, -0.15) is 15.0 Å². The quantitative estimate of drug-likeness (QED) is 0.871. The average Bonchev–Trinajstić information content (AvgIpc) is 3.07. The fraction of sp³-hybridized carbons (Fsp3) is 0.550. The van der Waals surface area contributed by atoms with Gasteiger partial charge in [-0.05, 0) is 38.3 Å². The molecule has 2 heterocycles. The Balaban J connectivity index is 1.53. The second-order valence-corrected chi connectivity index (χ2v) is 8.26. The van der Waals surface area contributed by atoms with Gasteiger partial charge in [0.15, 0.2) is 0 Å². The minimum atomic E-state index is -2.71. The summed E-state index contributed by atoms with van der Waals surface area (Å²) in [6.07, 6.45) is 2.92. The molecule has 0 bridgehead atoms. The Morgan fingerprint density at radius 1 is 1.32 bits per heavy atom. The van der Waals surface area contributed by atoms with E-state index in [9.17, 15) is 18.7 Å². The van der Waals surface area contributed by atoms with E-state index in [-0.39, 0.29) is 18.4 Å². The van der Waals surface area contributed by atoms with Crippen molar-refractivity contribution in [1.29, 1.82) is 0 Å². The molecule has 1 aliphatic carbocycles. The normalized spacial score (nSPS) is 24.2. The molecular formula is C20H24F2N4O2. The lowest BCUT2D eigenvalue weighted by atomic mass is 9.99. The maximum atomic E-state index is 13.6. The number of carbonyl (C=O) groups is 1. The number of amides is 1. The van der Waals surface area contributed by atoms with Crippen LogP contribution >= 0.6 is 0 Å². The highest BCUT2D eigenvalue weighted by molar-refractivity contribution is 5.96. The average molecular weight is 390 g/mol. The first-order valence-electron chi connectivity index (χ1n) is 9.57. The van der Waals surface area contributed by atoms with Gasteiger partial charge in [-0.3, -0.25) is 4.79 Å². The van der Waals surface area contributed by atoms with Crippen LogP contribution in [0, 0.1) is 0 Å². The van der Waals surface area contributed by atoms with Gasteiger partial charge in [0, 0.05) is 25.1 Å². The van der Waals surface area contributed by atoms with Crippen molar-refractivity contribution in [2.24, 2.45) is 0 Å². The predicted octanol–water partition coefficient (Wildman–Crippen LogP) is 3.11. The van der Waals surface area contributed by atoms with Gasteiger partial charge in [0.25, 0.3) is 11.8 Å². The van der Waals surface area contributed by atoms with E-state index in [2.05, 4.69) is 10.2 Å². The molecule has 2 aliphatic rings. The van der Waals surface area contributed by atoms with Gasteiger partial charge in [0.05, 0.1) is 18.2 Å². The standard InChI is InChI=1S/C20H24F2N4O2/c1-19(2,28)17-11-23-26(24-17)13-6-5-9-25(12-13)18(27)15-8-4-3-7-14(15)16-10-20(16,21)22/h3-4,7-8,11,13,16,28H,5-6,9-10,12H2,1-2H3. The fourth-order valence-corrected chi connectivity index (χ4v) is 3.78. The summed E-state index contributed by atoms with van der Waals surface area (Å²) in [5.74, 6) is -3.80. The molecular weight excluding hydrogens is 366 g/mol. The highest BCUT2D eigenvalue weighted by Crippen LogP contribution is 2.56. The Labute approximate surface area is 162 Å². The smallest absolute Gasteiger partial charge is 0.255 e. The summed E-state index contributed by atoms with van der Waals surface area (Å²) < 4.78 is 27.2. The van der Waals surface area contributed by atoms with Gasteiger partial charge in [-0.25, -0.2) is 8.78 Å². The molecule has 1 aliphatic heterocycles. The second kappa shape index (κ2) is 6.62. The van der Waals surface area contributed by atoms with Gasteiger partial charge in [0.1, 0.15) is 11.3 Å². The van der Waals surface area contributed by atoms with Crippen molar-refractivity contribution in [3.05, 3.63) is 47.3 Å². The highest BCUT2D eigenvalue weighted by atomic mass is 19.3. The zero-order valence-electron chi connectivity index (χ0n) is 16.0. The van der Waals surface area contributed by atoms with Crippen LogP contribution in [0.4, 0.5) is 8.78 Å². The van der Waals surface area contributed by atoms with E-state index in [1.54, 1.807) is 47.8 Å². The molecule has 2 unspecified atom stereocenters. The Morgan fingerprint density at radius 2 is 2.04 bits per heavy atom. The number of aliphatic hydroxyl groups is 1. The van der Waals surface area contributed by atoms with Crippen molar-refractivity contribution >= 4 is 5.91 Å². The Kier molecular flexibility index (Phi) is 4.49. The summed E-state index contributed by atoms with van der Waals surface area (Å²) in [4.78, 5) is 16.3. The van der Waals surface area contributed by atoms with E-state index < -0.39 is 17.4 Å². The lowest BCUT2D eigenvalue weighted by Crippen LogP contribution is -2.41. The van der Waals surface area contributed by atoms with Crippen LogP contribution in [-0.2, 0) is 5.60 Å². The van der Waals surface area contributed by atoms with Crippen molar-refractivity contribution in [1.82, 2.24) is 19.9 Å². The zero-order valence-corrected chi connectivity index (χ0v) is 16.0. The summed E-state index contributed by atoms with van der Waals surface area (Å²) >= 11 is 0. The number of piperidine rings is 1. The molecule has 8 heteroatoms. The molecule has 1 aromatic heterocycles. The van der Waals surface area contributed by atoms with Crippen molar-refractivity contribution in [2.75, 3.05) is 13.1 Å². The number of aromatic nitrogens is 3. The topological polar surface area (TPSA) is 71.2 Å². The van der Waals surface area contributed by atoms with Gasteiger partial charge in [0.2, 0.25) is 0 Å². The van der Waals surface area contributed by atoms with Gasteiger partial charge >= 0.3 is 0 Å². The molecule has 2 fully saturated rings. The molecule has 2 atom stereocenters. The number of rotatable bonds is 4. The van der Waals surface area contributed by atoms with Crippen LogP contribution in [0.2, 0.25) is 0 Å². The van der Waals surface area contributed by atoms with Crippen LogP contribution in [0.5, 0.6) is 0 Å². The van der Waals surface area contributed by atoms with Crippen molar-refractivity contribution in [3.63, 3.8) is 0 Å². The summed E-state index contributed by atoms with van der Waals surface area (Å²) in [5.41, 5.74) is 0.172. The molecule has 1 saturated carbocycles. The fourth-order valence-electron chi connectivity index (χ4n) is 3.78. The number of carbonyl (C=O) groups excluding carboxylic acids is 1. The molecule has 1 N–H and O–H groups in total. The second-order valence-electron chi connectivity index (χ2n) is 8.26. The molecule has 6 nitrogen and oxygen atoms in total. The third kappa shape index (κ3) is 3.53. The number of nitrogens with zero attached hydrogens (tertiary/aromatic N) is 4. The van der Waals surface area contributed by atoms with Gasteiger partial charge in [-0.15, -0.1) is 0 Å². The summed E-state index contributed by atoms with van der Waals surface area (Å²) in [6, 6.07) is 6.57. The van der Waals surface area contributed by atoms with Crippen LogP contribution in [0.3, 0.4) is 0 Å². The molecule has 150 valence electrons. The third-order valence-electron chi connectivity index (χ3n) is 5.54. The summed E-state index contributed by atoms with van der Waals surface area (Å²) in [7, 11) is 0. The monoisotopic (exact) mass is 390 g/mol. The SMILES string of the molecule is CC(C)(O)c1cnn(C2CCCN(C(=O)c3ccccc3C3CC3(F)F)C2)n1. The van der Waals surface area contributed by atoms with E-state index >= 15 is 0 Å². The largest absolute Gasteiger partial charge is 0.384 e. The molecule has 28 heavy (non-hydrogen) atoms. The van der Waals surface area contributed by atoms with E-state index in [1.807, 2.05) is 0 Å². The van der Waals surface area contributed by atoms with Crippen LogP contribution < -0.4 is 0 Å². The first-order valence-corrected chi connectivity index (χ1v) is 9.57. The van der Waals surface area contributed by atoms with Gasteiger partial charge < -0.3 is 10.0 Å². The van der Waals surface area contributed by atoms with E-state index in [0.717, 1.165) is 12.8 Å². The van der Waals surface area contributed by atoms with Crippen LogP contribution in [0.1, 0.15) is 66.7 Å². The number of likely N-dealkylation sites (tertiary alicyclic amines) is 1. The molecule has 4 rings (SSSR count). The first kappa shape index (κ1) is 19.0. The number of hydrogen-bond acceptors (Lipinski definition) is 4. The predicted molar refractivity (Wildman–Crippen MR) is 98.2 cm³/mol. The number of alkyl halides is 2. The lowest BCUT2D eigenvalue weighted by molar-refractivity contribution is 0.0639. The van der Waals surface area contributed by atoms with Gasteiger partial charge in [-0.1, -0.05) is 18.2 Å². The Morgan fingerprint density at radius 3 is 2.68 bits per heavy atom. The first-order chi connectivity index (χ1) is 13.2. The Hall–Kier alpha value is -2.35. The molecule has 1 amide bonds. The highest BCUT2D eigenvalue weighted by Gasteiger charge is 2.58. The maximum Gasteiger partial charge on any atom is 0.255 e. The van der Waals surface area contributed by atoms with Crippen LogP contribution in [-0.4, -0.2) is 49.9 Å². The van der Waals surface area contributed by atoms with E-state index in [0.29, 0.717) is 29.9 Å².